The van der Waals surface area contributed by atoms with Crippen LogP contribution in [0, 0.1) is 6.92 Å². The van der Waals surface area contributed by atoms with Crippen LogP contribution in [0.1, 0.15) is 21.7 Å². The van der Waals surface area contributed by atoms with E-state index in [2.05, 4.69) is 4.99 Å². The van der Waals surface area contributed by atoms with Crippen molar-refractivity contribution in [2.75, 3.05) is 43.6 Å². The second-order valence-corrected chi connectivity index (χ2v) is 10.4. The summed E-state index contributed by atoms with van der Waals surface area (Å²) in [5, 5.41) is 0.431. The number of piperazine rings is 1. The molecular formula is C29H26N4O6S. The fourth-order valence-corrected chi connectivity index (χ4v) is 5.52. The quantitative estimate of drug-likeness (QED) is 0.439. The van der Waals surface area contributed by atoms with Crippen LogP contribution >= 0.6 is 11.8 Å². The highest BCUT2D eigenvalue weighted by Gasteiger charge is 2.33. The van der Waals surface area contributed by atoms with Crippen LogP contribution in [0.5, 0.6) is 11.5 Å². The molecule has 6 rings (SSSR count). The van der Waals surface area contributed by atoms with Gasteiger partial charge in [-0.2, -0.15) is 0 Å². The van der Waals surface area contributed by atoms with Gasteiger partial charge in [0.2, 0.25) is 12.7 Å². The number of hydrogen-bond donors (Lipinski definition) is 0. The highest BCUT2D eigenvalue weighted by atomic mass is 32.2. The highest BCUT2D eigenvalue weighted by Crippen LogP contribution is 2.34. The minimum absolute atomic E-state index is 0.0812. The lowest BCUT2D eigenvalue weighted by atomic mass is 10.1. The zero-order chi connectivity index (χ0) is 27.6. The van der Waals surface area contributed by atoms with Gasteiger partial charge in [0.1, 0.15) is 5.70 Å². The molecule has 0 bridgehead atoms. The Labute approximate surface area is 234 Å². The SMILES string of the molecule is Cc1ccc(N2C(=O)/C(=C/c3ccc4c(c3)OCO4)N=C2SCC(=O)N2CCN(C(=O)c3ccco3)CC2)cc1. The van der Waals surface area contributed by atoms with Crippen molar-refractivity contribution in [1.82, 2.24) is 9.80 Å². The summed E-state index contributed by atoms with van der Waals surface area (Å²) in [5.41, 5.74) is 2.76. The summed E-state index contributed by atoms with van der Waals surface area (Å²) in [6.45, 7) is 3.84. The zero-order valence-electron chi connectivity index (χ0n) is 21.7. The Balaban J connectivity index is 1.16. The van der Waals surface area contributed by atoms with Gasteiger partial charge < -0.3 is 23.7 Å². The fraction of sp³-hybridized carbons (Fsp3) is 0.241. The number of thioether (sulfide) groups is 1. The number of aliphatic imine (C=N–C) groups is 1. The molecule has 1 saturated heterocycles. The van der Waals surface area contributed by atoms with E-state index < -0.39 is 0 Å². The molecule has 11 heteroatoms. The standard InChI is InChI=1S/C29H26N4O6S/c1-19-4-7-21(8-5-19)33-27(35)22(15-20-6-9-23-25(16-20)39-18-38-23)30-29(33)40-17-26(34)31-10-12-32(13-11-31)28(36)24-3-2-14-37-24/h2-9,14-16H,10-13,17-18H2,1H3/b22-15-. The van der Waals surface area contributed by atoms with E-state index in [0.717, 1.165) is 11.1 Å². The summed E-state index contributed by atoms with van der Waals surface area (Å²) in [6, 6.07) is 16.3. The lowest BCUT2D eigenvalue weighted by Crippen LogP contribution is -2.51. The molecule has 3 aliphatic rings. The number of carbonyl (C=O) groups excluding carboxylic acids is 3. The van der Waals surface area contributed by atoms with E-state index in [9.17, 15) is 14.4 Å². The number of rotatable bonds is 5. The largest absolute Gasteiger partial charge is 0.459 e. The number of carbonyl (C=O) groups is 3. The van der Waals surface area contributed by atoms with Gasteiger partial charge in [-0.05, 0) is 55.0 Å². The summed E-state index contributed by atoms with van der Waals surface area (Å²) < 4.78 is 16.0. The molecule has 0 unspecified atom stereocenters. The number of aryl methyl sites for hydroxylation is 1. The number of benzene rings is 2. The number of amidine groups is 1. The predicted octanol–water partition coefficient (Wildman–Crippen LogP) is 3.78. The van der Waals surface area contributed by atoms with Crippen LogP contribution in [0.15, 0.2) is 76.0 Å². The maximum atomic E-state index is 13.5. The number of ether oxygens (including phenoxy) is 2. The Hall–Kier alpha value is -4.51. The number of anilines is 1. The van der Waals surface area contributed by atoms with E-state index in [0.29, 0.717) is 54.3 Å². The maximum absolute atomic E-state index is 13.5. The van der Waals surface area contributed by atoms with E-state index >= 15 is 0 Å². The zero-order valence-corrected chi connectivity index (χ0v) is 22.6. The minimum Gasteiger partial charge on any atom is -0.459 e. The van der Waals surface area contributed by atoms with Gasteiger partial charge in [-0.3, -0.25) is 19.3 Å². The van der Waals surface area contributed by atoms with Gasteiger partial charge in [0.05, 0.1) is 17.7 Å². The number of furan rings is 1. The third-order valence-electron chi connectivity index (χ3n) is 6.80. The van der Waals surface area contributed by atoms with Crippen molar-refractivity contribution in [3.05, 3.63) is 83.4 Å². The van der Waals surface area contributed by atoms with E-state index in [-0.39, 0.29) is 36.0 Å². The molecule has 40 heavy (non-hydrogen) atoms. The molecule has 2 aromatic carbocycles. The average molecular weight is 559 g/mol. The maximum Gasteiger partial charge on any atom is 0.289 e. The third kappa shape index (κ3) is 5.20. The van der Waals surface area contributed by atoms with Crippen molar-refractivity contribution < 1.29 is 28.3 Å². The summed E-state index contributed by atoms with van der Waals surface area (Å²) in [4.78, 5) is 48.7. The van der Waals surface area contributed by atoms with Crippen molar-refractivity contribution in [1.29, 1.82) is 0 Å². The van der Waals surface area contributed by atoms with E-state index in [1.54, 1.807) is 40.1 Å². The molecule has 4 heterocycles. The summed E-state index contributed by atoms with van der Waals surface area (Å²) >= 11 is 1.22. The second-order valence-electron chi connectivity index (χ2n) is 9.45. The van der Waals surface area contributed by atoms with Crippen molar-refractivity contribution in [3.63, 3.8) is 0 Å². The van der Waals surface area contributed by atoms with Crippen molar-refractivity contribution in [2.24, 2.45) is 4.99 Å². The second kappa shape index (κ2) is 10.9. The topological polar surface area (TPSA) is 105 Å². The molecule has 0 radical (unpaired) electrons. The van der Waals surface area contributed by atoms with E-state index in [1.807, 2.05) is 37.3 Å². The highest BCUT2D eigenvalue weighted by molar-refractivity contribution is 8.14. The number of hydrogen-bond acceptors (Lipinski definition) is 8. The summed E-state index contributed by atoms with van der Waals surface area (Å²) in [6.07, 6.45) is 3.17. The molecule has 1 fully saturated rings. The van der Waals surface area contributed by atoms with Crippen molar-refractivity contribution in [3.8, 4) is 11.5 Å². The Kier molecular flexibility index (Phi) is 7.04. The Morgan fingerprint density at radius 2 is 1.73 bits per heavy atom. The van der Waals surface area contributed by atoms with Crippen molar-refractivity contribution in [2.45, 2.75) is 6.92 Å². The van der Waals surface area contributed by atoms with Crippen molar-refractivity contribution >= 4 is 46.4 Å². The van der Waals surface area contributed by atoms with Crippen LogP contribution in [0.4, 0.5) is 5.69 Å². The first-order valence-corrected chi connectivity index (χ1v) is 13.8. The predicted molar refractivity (Wildman–Crippen MR) is 150 cm³/mol. The van der Waals surface area contributed by atoms with Gasteiger partial charge in [0.25, 0.3) is 11.8 Å². The van der Waals surface area contributed by atoms with Gasteiger partial charge in [0.15, 0.2) is 22.4 Å². The first-order valence-electron chi connectivity index (χ1n) is 12.8. The van der Waals surface area contributed by atoms with Gasteiger partial charge in [-0.1, -0.05) is 35.5 Å². The first-order chi connectivity index (χ1) is 19.5. The lowest BCUT2D eigenvalue weighted by Gasteiger charge is -2.34. The molecule has 0 saturated carbocycles. The Morgan fingerprint density at radius 3 is 2.48 bits per heavy atom. The molecule has 3 amide bonds. The van der Waals surface area contributed by atoms with Crippen LogP contribution in [-0.4, -0.2) is 71.4 Å². The van der Waals surface area contributed by atoms with Gasteiger partial charge >= 0.3 is 0 Å². The first kappa shape index (κ1) is 25.8. The molecule has 0 N–H and O–H groups in total. The van der Waals surface area contributed by atoms with Crippen LogP contribution in [0.3, 0.4) is 0 Å². The number of nitrogens with zero attached hydrogens (tertiary/aromatic N) is 4. The Bertz CT molecular complexity index is 1510. The molecule has 0 spiro atoms. The van der Waals surface area contributed by atoms with Crippen LogP contribution in [0.25, 0.3) is 6.08 Å². The van der Waals surface area contributed by atoms with Crippen LogP contribution < -0.4 is 14.4 Å². The third-order valence-corrected chi connectivity index (χ3v) is 7.72. The molecule has 0 atom stereocenters. The smallest absolute Gasteiger partial charge is 0.289 e. The van der Waals surface area contributed by atoms with Gasteiger partial charge in [0, 0.05) is 26.2 Å². The number of amides is 3. The molecule has 1 aromatic heterocycles. The molecule has 10 nitrogen and oxygen atoms in total. The normalized spacial score (nSPS) is 17.5. The Morgan fingerprint density at radius 1 is 0.975 bits per heavy atom. The van der Waals surface area contributed by atoms with Crippen LogP contribution in [0.2, 0.25) is 0 Å². The molecule has 3 aromatic rings. The monoisotopic (exact) mass is 558 g/mol. The minimum atomic E-state index is -0.276. The van der Waals surface area contributed by atoms with E-state index in [1.165, 1.54) is 22.9 Å². The fourth-order valence-electron chi connectivity index (χ4n) is 4.61. The molecular weight excluding hydrogens is 532 g/mol. The molecule has 0 aliphatic carbocycles. The van der Waals surface area contributed by atoms with Crippen LogP contribution in [-0.2, 0) is 9.59 Å². The average Bonchev–Trinajstić information content (AvgIpc) is 3.73. The van der Waals surface area contributed by atoms with Gasteiger partial charge in [-0.15, -0.1) is 0 Å². The van der Waals surface area contributed by atoms with Gasteiger partial charge in [-0.25, -0.2) is 4.99 Å². The lowest BCUT2D eigenvalue weighted by molar-refractivity contribution is -0.129. The number of fused-ring (bicyclic) bond motifs is 1. The summed E-state index contributed by atoms with van der Waals surface area (Å²) in [5.74, 6) is 1.14. The summed E-state index contributed by atoms with van der Waals surface area (Å²) in [7, 11) is 0. The molecule has 204 valence electrons. The molecule has 3 aliphatic heterocycles. The van der Waals surface area contributed by atoms with E-state index in [4.69, 9.17) is 13.9 Å².